The van der Waals surface area contributed by atoms with Gasteiger partial charge in [0.05, 0.1) is 35.7 Å². The predicted octanol–water partition coefficient (Wildman–Crippen LogP) is 2.88. The zero-order valence-corrected chi connectivity index (χ0v) is 19.8. The van der Waals surface area contributed by atoms with Gasteiger partial charge in [0.1, 0.15) is 0 Å². The Morgan fingerprint density at radius 1 is 1.06 bits per heavy atom. The summed E-state index contributed by atoms with van der Waals surface area (Å²) in [6.45, 7) is 7.48. The number of ether oxygens (including phenoxy) is 1. The van der Waals surface area contributed by atoms with Crippen molar-refractivity contribution >= 4 is 41.0 Å². The van der Waals surface area contributed by atoms with Crippen LogP contribution in [0.2, 0.25) is 0 Å². The van der Waals surface area contributed by atoms with Crippen LogP contribution in [-0.2, 0) is 14.3 Å². The molecule has 1 fully saturated rings. The smallest absolute Gasteiger partial charge is 0.335 e. The molecule has 1 N–H and O–H groups in total. The number of piperazine rings is 1. The molecule has 0 atom stereocenters. The molecular formula is C26H28N4O5. The third kappa shape index (κ3) is 5.58. The molecule has 0 bridgehead atoms. The molecule has 182 valence electrons. The minimum atomic E-state index is -1.06. The van der Waals surface area contributed by atoms with E-state index in [1.807, 2.05) is 31.2 Å². The zero-order valence-electron chi connectivity index (χ0n) is 19.8. The van der Waals surface area contributed by atoms with E-state index in [4.69, 9.17) is 4.74 Å². The highest BCUT2D eigenvalue weighted by Crippen LogP contribution is 2.26. The van der Waals surface area contributed by atoms with Crippen LogP contribution in [0.3, 0.4) is 0 Å². The Balaban J connectivity index is 1.41. The minimum Gasteiger partial charge on any atom is -0.478 e. The quantitative estimate of drug-likeness (QED) is 0.484. The number of anilines is 2. The number of carbonyl (C=O) groups is 3. The molecule has 2 aromatic carbocycles. The molecule has 0 aromatic heterocycles. The Labute approximate surface area is 203 Å². The maximum absolute atomic E-state index is 13.0. The number of hydrazone groups is 1. The van der Waals surface area contributed by atoms with E-state index in [9.17, 15) is 19.5 Å². The molecule has 9 nitrogen and oxygen atoms in total. The van der Waals surface area contributed by atoms with E-state index in [0.717, 1.165) is 37.4 Å². The van der Waals surface area contributed by atoms with E-state index < -0.39 is 5.97 Å². The molecule has 2 aliphatic heterocycles. The second kappa shape index (κ2) is 10.5. The van der Waals surface area contributed by atoms with Crippen molar-refractivity contribution in [3.63, 3.8) is 0 Å². The second-order valence-electron chi connectivity index (χ2n) is 8.38. The van der Waals surface area contributed by atoms with E-state index in [0.29, 0.717) is 30.1 Å². The van der Waals surface area contributed by atoms with Crippen LogP contribution in [-0.4, -0.2) is 72.9 Å². The molecule has 0 unspecified atom stereocenters. The van der Waals surface area contributed by atoms with Crippen molar-refractivity contribution in [3.8, 4) is 0 Å². The molecule has 2 aromatic rings. The number of hydrogen-bond donors (Lipinski definition) is 1. The third-order valence-corrected chi connectivity index (χ3v) is 6.00. The standard InChI is InChI=1S/C26H28N4O5/c1-3-35-24(31)17-28-11-13-29(14-12-28)21-9-7-19(8-10-21)15-23-18(2)27-30(25(23)32)22-6-4-5-20(16-22)26(33)34/h4-10,15-16H,3,11-14,17H2,1-2H3,(H,33,34)/b23-15-. The van der Waals surface area contributed by atoms with Crippen molar-refractivity contribution < 1.29 is 24.2 Å². The number of carboxylic acids is 1. The number of benzene rings is 2. The van der Waals surface area contributed by atoms with Gasteiger partial charge < -0.3 is 14.7 Å². The monoisotopic (exact) mass is 476 g/mol. The normalized spacial score (nSPS) is 17.6. The largest absolute Gasteiger partial charge is 0.478 e. The maximum atomic E-state index is 13.0. The van der Waals surface area contributed by atoms with Crippen molar-refractivity contribution in [2.24, 2.45) is 5.10 Å². The first-order valence-electron chi connectivity index (χ1n) is 11.5. The Kier molecular flexibility index (Phi) is 7.26. The highest BCUT2D eigenvalue weighted by molar-refractivity contribution is 6.32. The Morgan fingerprint density at radius 2 is 1.77 bits per heavy atom. The Hall–Kier alpha value is -3.98. The highest BCUT2D eigenvalue weighted by Gasteiger charge is 2.29. The number of nitrogens with zero attached hydrogens (tertiary/aromatic N) is 4. The summed E-state index contributed by atoms with van der Waals surface area (Å²) in [6, 6.07) is 14.1. The van der Waals surface area contributed by atoms with Gasteiger partial charge >= 0.3 is 11.9 Å². The van der Waals surface area contributed by atoms with Crippen LogP contribution in [0.4, 0.5) is 11.4 Å². The SMILES string of the molecule is CCOC(=O)CN1CCN(c2ccc(/C=C3\C(=O)N(c4cccc(C(=O)O)c4)N=C3C)cc2)CC1. The Morgan fingerprint density at radius 3 is 2.43 bits per heavy atom. The average Bonchev–Trinajstić information content (AvgIpc) is 3.13. The van der Waals surface area contributed by atoms with Crippen LogP contribution in [0.15, 0.2) is 59.2 Å². The molecule has 2 aliphatic rings. The van der Waals surface area contributed by atoms with Crippen molar-refractivity contribution in [1.82, 2.24) is 4.90 Å². The summed E-state index contributed by atoms with van der Waals surface area (Å²) in [5, 5.41) is 14.8. The zero-order chi connectivity index (χ0) is 24.9. The minimum absolute atomic E-state index is 0.0953. The fraction of sp³-hybridized carbons (Fsp3) is 0.308. The van der Waals surface area contributed by atoms with E-state index in [2.05, 4.69) is 14.9 Å². The third-order valence-electron chi connectivity index (χ3n) is 6.00. The summed E-state index contributed by atoms with van der Waals surface area (Å²) in [5.41, 5.74) is 3.49. The maximum Gasteiger partial charge on any atom is 0.335 e. The van der Waals surface area contributed by atoms with Crippen LogP contribution >= 0.6 is 0 Å². The fourth-order valence-corrected chi connectivity index (χ4v) is 4.13. The van der Waals surface area contributed by atoms with Gasteiger partial charge in [-0.1, -0.05) is 18.2 Å². The van der Waals surface area contributed by atoms with Crippen LogP contribution in [0.25, 0.3) is 6.08 Å². The van der Waals surface area contributed by atoms with E-state index in [1.165, 1.54) is 17.1 Å². The number of esters is 1. The van der Waals surface area contributed by atoms with Gasteiger partial charge in [-0.3, -0.25) is 14.5 Å². The number of hydrogen-bond acceptors (Lipinski definition) is 7. The predicted molar refractivity (Wildman–Crippen MR) is 134 cm³/mol. The summed E-state index contributed by atoms with van der Waals surface area (Å²) >= 11 is 0. The van der Waals surface area contributed by atoms with Crippen molar-refractivity contribution in [2.45, 2.75) is 13.8 Å². The molecule has 0 radical (unpaired) electrons. The topological polar surface area (TPSA) is 103 Å². The van der Waals surface area contributed by atoms with Gasteiger partial charge in [-0.05, 0) is 55.8 Å². The van der Waals surface area contributed by atoms with Crippen molar-refractivity contribution in [3.05, 3.63) is 65.2 Å². The first kappa shape index (κ1) is 24.2. The highest BCUT2D eigenvalue weighted by atomic mass is 16.5. The van der Waals surface area contributed by atoms with E-state index in [1.54, 1.807) is 25.1 Å². The van der Waals surface area contributed by atoms with Gasteiger partial charge in [-0.2, -0.15) is 10.1 Å². The lowest BCUT2D eigenvalue weighted by Crippen LogP contribution is -2.48. The van der Waals surface area contributed by atoms with Gasteiger partial charge in [0.2, 0.25) is 0 Å². The van der Waals surface area contributed by atoms with E-state index in [-0.39, 0.29) is 17.4 Å². The summed E-state index contributed by atoms with van der Waals surface area (Å²) in [6.07, 6.45) is 1.79. The molecule has 4 rings (SSSR count). The molecule has 35 heavy (non-hydrogen) atoms. The number of rotatable bonds is 7. The molecule has 2 heterocycles. The number of carboxylic acid groups (broad SMARTS) is 1. The lowest BCUT2D eigenvalue weighted by atomic mass is 10.1. The molecule has 1 amide bonds. The molecular weight excluding hydrogens is 448 g/mol. The number of carbonyl (C=O) groups excluding carboxylic acids is 2. The van der Waals surface area contributed by atoms with E-state index >= 15 is 0 Å². The van der Waals surface area contributed by atoms with Crippen LogP contribution in [0.5, 0.6) is 0 Å². The lowest BCUT2D eigenvalue weighted by molar-refractivity contribution is -0.144. The first-order valence-corrected chi connectivity index (χ1v) is 11.5. The number of aromatic carboxylic acids is 1. The number of amides is 1. The second-order valence-corrected chi connectivity index (χ2v) is 8.38. The Bertz CT molecular complexity index is 1180. The van der Waals surface area contributed by atoms with Crippen molar-refractivity contribution in [1.29, 1.82) is 0 Å². The molecule has 0 saturated carbocycles. The average molecular weight is 477 g/mol. The summed E-state index contributed by atoms with van der Waals surface area (Å²) in [7, 11) is 0. The van der Waals surface area contributed by atoms with Gasteiger partial charge in [-0.25, -0.2) is 4.79 Å². The summed E-state index contributed by atoms with van der Waals surface area (Å²) < 4.78 is 5.03. The van der Waals surface area contributed by atoms with Crippen LogP contribution < -0.4 is 9.91 Å². The van der Waals surface area contributed by atoms with Crippen LogP contribution in [0, 0.1) is 0 Å². The lowest BCUT2D eigenvalue weighted by Gasteiger charge is -2.35. The van der Waals surface area contributed by atoms with Gasteiger partial charge in [0.25, 0.3) is 5.91 Å². The van der Waals surface area contributed by atoms with Gasteiger partial charge in [-0.15, -0.1) is 0 Å². The van der Waals surface area contributed by atoms with Gasteiger partial charge in [0, 0.05) is 31.9 Å². The molecule has 9 heteroatoms. The van der Waals surface area contributed by atoms with Crippen molar-refractivity contribution in [2.75, 3.05) is 49.2 Å². The van der Waals surface area contributed by atoms with Crippen LogP contribution in [0.1, 0.15) is 29.8 Å². The fourth-order valence-electron chi connectivity index (χ4n) is 4.13. The molecule has 0 spiro atoms. The summed E-state index contributed by atoms with van der Waals surface area (Å²) in [5.74, 6) is -1.55. The summed E-state index contributed by atoms with van der Waals surface area (Å²) in [4.78, 5) is 40.3. The molecule has 0 aliphatic carbocycles. The molecule has 1 saturated heterocycles. The van der Waals surface area contributed by atoms with Gasteiger partial charge in [0.15, 0.2) is 0 Å². The first-order chi connectivity index (χ1) is 16.9.